The van der Waals surface area contributed by atoms with Crippen LogP contribution < -0.4 is 10.6 Å². The SMILES string of the molecule is N#Cc1oc2ccccc2c1N1CC(N)CC1=O. The van der Waals surface area contributed by atoms with Crippen LogP contribution in [0.5, 0.6) is 0 Å². The monoisotopic (exact) mass is 241 g/mol. The number of fused-ring (bicyclic) bond motifs is 1. The van der Waals surface area contributed by atoms with E-state index in [1.807, 2.05) is 24.3 Å². The number of nitrogens with two attached hydrogens (primary N) is 1. The summed E-state index contributed by atoms with van der Waals surface area (Å²) in [6, 6.07) is 9.11. The van der Waals surface area contributed by atoms with Crippen molar-refractivity contribution in [2.24, 2.45) is 5.73 Å². The zero-order chi connectivity index (χ0) is 12.7. The molecule has 2 aromatic rings. The van der Waals surface area contributed by atoms with Crippen molar-refractivity contribution in [2.75, 3.05) is 11.4 Å². The third-order valence-corrected chi connectivity index (χ3v) is 3.10. The molecule has 2 heterocycles. The molecule has 3 rings (SSSR count). The van der Waals surface area contributed by atoms with E-state index in [0.717, 1.165) is 5.39 Å². The number of carbonyl (C=O) groups excluding carboxylic acids is 1. The molecule has 2 N–H and O–H groups in total. The van der Waals surface area contributed by atoms with Crippen LogP contribution in [0.15, 0.2) is 28.7 Å². The molecule has 1 amide bonds. The van der Waals surface area contributed by atoms with Gasteiger partial charge in [0.05, 0.1) is 0 Å². The molecule has 1 aromatic heterocycles. The molecule has 0 saturated carbocycles. The second-order valence-corrected chi connectivity index (χ2v) is 4.36. The lowest BCUT2D eigenvalue weighted by Gasteiger charge is -2.14. The average molecular weight is 241 g/mol. The highest BCUT2D eigenvalue weighted by Crippen LogP contribution is 2.35. The van der Waals surface area contributed by atoms with Gasteiger partial charge in [-0.05, 0) is 12.1 Å². The zero-order valence-electron chi connectivity index (χ0n) is 9.59. The summed E-state index contributed by atoms with van der Waals surface area (Å²) in [6.07, 6.45) is 0.310. The third-order valence-electron chi connectivity index (χ3n) is 3.10. The van der Waals surface area contributed by atoms with Crippen molar-refractivity contribution in [3.63, 3.8) is 0 Å². The van der Waals surface area contributed by atoms with E-state index < -0.39 is 0 Å². The number of furan rings is 1. The number of nitriles is 1. The van der Waals surface area contributed by atoms with Gasteiger partial charge in [-0.15, -0.1) is 0 Å². The molecule has 0 bridgehead atoms. The number of carbonyl (C=O) groups is 1. The highest BCUT2D eigenvalue weighted by atomic mass is 16.3. The summed E-state index contributed by atoms with van der Waals surface area (Å²) in [7, 11) is 0. The topological polar surface area (TPSA) is 83.3 Å². The van der Waals surface area contributed by atoms with Gasteiger partial charge in [0.2, 0.25) is 11.7 Å². The third kappa shape index (κ3) is 1.47. The first-order valence-electron chi connectivity index (χ1n) is 5.68. The van der Waals surface area contributed by atoms with E-state index in [-0.39, 0.29) is 17.7 Å². The predicted octanol–water partition coefficient (Wildman–Crippen LogP) is 1.37. The Kier molecular flexibility index (Phi) is 2.32. The number of anilines is 1. The van der Waals surface area contributed by atoms with Gasteiger partial charge in [0.25, 0.3) is 0 Å². The second-order valence-electron chi connectivity index (χ2n) is 4.36. The molecule has 0 aliphatic carbocycles. The molecule has 5 heteroatoms. The molecule has 5 nitrogen and oxygen atoms in total. The van der Waals surface area contributed by atoms with Crippen molar-refractivity contribution >= 4 is 22.6 Å². The molecular weight excluding hydrogens is 230 g/mol. The summed E-state index contributed by atoms with van der Waals surface area (Å²) in [5.74, 6) is 0.101. The molecule has 18 heavy (non-hydrogen) atoms. The van der Waals surface area contributed by atoms with E-state index in [9.17, 15) is 4.79 Å². The number of benzene rings is 1. The van der Waals surface area contributed by atoms with Crippen LogP contribution in [-0.4, -0.2) is 18.5 Å². The fraction of sp³-hybridized carbons (Fsp3) is 0.231. The number of rotatable bonds is 1. The molecule has 1 aromatic carbocycles. The van der Waals surface area contributed by atoms with Gasteiger partial charge in [0.15, 0.2) is 0 Å². The molecule has 0 spiro atoms. The Morgan fingerprint density at radius 3 is 2.89 bits per heavy atom. The van der Waals surface area contributed by atoms with Crippen LogP contribution in [0.1, 0.15) is 12.2 Å². The molecule has 0 radical (unpaired) electrons. The normalized spacial score (nSPS) is 19.4. The number of hydrogen-bond acceptors (Lipinski definition) is 4. The standard InChI is InChI=1S/C13H11N3O2/c14-6-11-13(16-7-8(15)5-12(16)17)9-3-1-2-4-10(9)18-11/h1-4,8H,5,7,15H2. The van der Waals surface area contributed by atoms with Crippen LogP contribution in [0.25, 0.3) is 11.0 Å². The maximum atomic E-state index is 11.9. The predicted molar refractivity (Wildman–Crippen MR) is 65.9 cm³/mol. The second kappa shape index (κ2) is 3.86. The lowest BCUT2D eigenvalue weighted by Crippen LogP contribution is -2.28. The molecule has 1 unspecified atom stereocenters. The van der Waals surface area contributed by atoms with Crippen molar-refractivity contribution in [1.29, 1.82) is 5.26 Å². The molecule has 1 aliphatic heterocycles. The number of nitrogens with zero attached hydrogens (tertiary/aromatic N) is 2. The summed E-state index contributed by atoms with van der Waals surface area (Å²) in [5, 5.41) is 9.89. The number of para-hydroxylation sites is 1. The number of amides is 1. The van der Waals surface area contributed by atoms with Crippen LogP contribution in [0.3, 0.4) is 0 Å². The van der Waals surface area contributed by atoms with Crippen molar-refractivity contribution < 1.29 is 9.21 Å². The van der Waals surface area contributed by atoms with E-state index in [1.165, 1.54) is 0 Å². The first-order chi connectivity index (χ1) is 8.70. The van der Waals surface area contributed by atoms with Crippen LogP contribution >= 0.6 is 0 Å². The molecule has 1 aliphatic rings. The van der Waals surface area contributed by atoms with E-state index in [1.54, 1.807) is 11.0 Å². The van der Waals surface area contributed by atoms with Gasteiger partial charge in [-0.2, -0.15) is 5.26 Å². The van der Waals surface area contributed by atoms with Crippen molar-refractivity contribution in [3.05, 3.63) is 30.0 Å². The molecular formula is C13H11N3O2. The van der Waals surface area contributed by atoms with Gasteiger partial charge < -0.3 is 15.1 Å². The minimum atomic E-state index is -0.183. The summed E-state index contributed by atoms with van der Waals surface area (Å²) < 4.78 is 5.45. The highest BCUT2D eigenvalue weighted by Gasteiger charge is 2.32. The zero-order valence-corrected chi connectivity index (χ0v) is 9.59. The fourth-order valence-corrected chi connectivity index (χ4v) is 2.33. The van der Waals surface area contributed by atoms with Gasteiger partial charge in [-0.3, -0.25) is 4.79 Å². The summed E-state index contributed by atoms with van der Waals surface area (Å²) in [6.45, 7) is 0.428. The van der Waals surface area contributed by atoms with Gasteiger partial charge >= 0.3 is 0 Å². The first-order valence-corrected chi connectivity index (χ1v) is 5.68. The Labute approximate surface area is 103 Å². The van der Waals surface area contributed by atoms with E-state index >= 15 is 0 Å². The van der Waals surface area contributed by atoms with Crippen LogP contribution in [0, 0.1) is 11.3 Å². The average Bonchev–Trinajstić information content (AvgIpc) is 2.88. The van der Waals surface area contributed by atoms with Crippen LogP contribution in [0.4, 0.5) is 5.69 Å². The Morgan fingerprint density at radius 2 is 2.22 bits per heavy atom. The summed E-state index contributed by atoms with van der Waals surface area (Å²) in [5.41, 5.74) is 6.94. The fourth-order valence-electron chi connectivity index (χ4n) is 2.33. The molecule has 1 atom stereocenters. The van der Waals surface area contributed by atoms with E-state index in [2.05, 4.69) is 0 Å². The Morgan fingerprint density at radius 1 is 1.44 bits per heavy atom. The van der Waals surface area contributed by atoms with Crippen molar-refractivity contribution in [2.45, 2.75) is 12.5 Å². The minimum absolute atomic E-state index is 0.0643. The minimum Gasteiger partial charge on any atom is -0.443 e. The van der Waals surface area contributed by atoms with E-state index in [4.69, 9.17) is 15.4 Å². The van der Waals surface area contributed by atoms with E-state index in [0.29, 0.717) is 24.2 Å². The van der Waals surface area contributed by atoms with Crippen molar-refractivity contribution in [1.82, 2.24) is 0 Å². The van der Waals surface area contributed by atoms with Gasteiger partial charge in [0.1, 0.15) is 17.3 Å². The quantitative estimate of drug-likeness (QED) is 0.817. The largest absolute Gasteiger partial charge is 0.443 e. The lowest BCUT2D eigenvalue weighted by molar-refractivity contribution is -0.117. The van der Waals surface area contributed by atoms with Gasteiger partial charge in [0, 0.05) is 24.4 Å². The number of hydrogen-bond donors (Lipinski definition) is 1. The van der Waals surface area contributed by atoms with Crippen LogP contribution in [0.2, 0.25) is 0 Å². The molecule has 90 valence electrons. The Hall–Kier alpha value is -2.32. The summed E-state index contributed by atoms with van der Waals surface area (Å²) in [4.78, 5) is 13.4. The Balaban J connectivity index is 2.22. The van der Waals surface area contributed by atoms with Gasteiger partial charge in [-0.25, -0.2) is 0 Å². The maximum absolute atomic E-state index is 11.9. The maximum Gasteiger partial charge on any atom is 0.228 e. The first kappa shape index (κ1) is 10.8. The van der Waals surface area contributed by atoms with Crippen LogP contribution in [-0.2, 0) is 4.79 Å². The molecule has 1 fully saturated rings. The smallest absolute Gasteiger partial charge is 0.228 e. The lowest BCUT2D eigenvalue weighted by atomic mass is 10.2. The summed E-state index contributed by atoms with van der Waals surface area (Å²) >= 11 is 0. The van der Waals surface area contributed by atoms with Gasteiger partial charge in [-0.1, -0.05) is 12.1 Å². The Bertz CT molecular complexity index is 668. The highest BCUT2D eigenvalue weighted by molar-refractivity contribution is 6.05. The molecule has 1 saturated heterocycles. The van der Waals surface area contributed by atoms with Crippen molar-refractivity contribution in [3.8, 4) is 6.07 Å².